The summed E-state index contributed by atoms with van der Waals surface area (Å²) in [6.45, 7) is 3.04. The van der Waals surface area contributed by atoms with Gasteiger partial charge in [0.25, 0.3) is 0 Å². The topological polar surface area (TPSA) is 38.5 Å². The van der Waals surface area contributed by atoms with Crippen molar-refractivity contribution in [2.24, 2.45) is 5.90 Å². The fourth-order valence-electron chi connectivity index (χ4n) is 2.75. The highest BCUT2D eigenvalue weighted by atomic mass is 16.6. The molecule has 1 aliphatic rings. The lowest BCUT2D eigenvalue weighted by Crippen LogP contribution is -2.18. The molecule has 1 saturated heterocycles. The summed E-state index contributed by atoms with van der Waals surface area (Å²) >= 11 is 0. The number of rotatable bonds is 4. The van der Waals surface area contributed by atoms with Crippen LogP contribution in [0.25, 0.3) is 0 Å². The van der Waals surface area contributed by atoms with Crippen molar-refractivity contribution in [2.75, 3.05) is 26.7 Å². The minimum absolute atomic E-state index is 0.594. The van der Waals surface area contributed by atoms with E-state index >= 15 is 0 Å². The van der Waals surface area contributed by atoms with Crippen LogP contribution in [-0.4, -0.2) is 31.6 Å². The van der Waals surface area contributed by atoms with Crippen LogP contribution in [-0.2, 0) is 11.3 Å². The van der Waals surface area contributed by atoms with Crippen molar-refractivity contribution >= 4 is 0 Å². The third-order valence-electron chi connectivity index (χ3n) is 3.88. The van der Waals surface area contributed by atoms with Gasteiger partial charge in [-0.05, 0) is 62.9 Å². The molecule has 0 amide bonds. The van der Waals surface area contributed by atoms with Crippen LogP contribution in [0.2, 0.25) is 0 Å². The SMILES string of the molecule is CN1CCCC(c2cccc(CCON)c2)CC1. The summed E-state index contributed by atoms with van der Waals surface area (Å²) in [6.07, 6.45) is 4.78. The summed E-state index contributed by atoms with van der Waals surface area (Å²) in [6, 6.07) is 8.92. The summed E-state index contributed by atoms with van der Waals surface area (Å²) in [5, 5.41) is 0. The molecule has 0 spiro atoms. The van der Waals surface area contributed by atoms with Gasteiger partial charge < -0.3 is 9.74 Å². The van der Waals surface area contributed by atoms with Crippen molar-refractivity contribution in [3.8, 4) is 0 Å². The average Bonchev–Trinajstić information content (AvgIpc) is 2.61. The lowest BCUT2D eigenvalue weighted by Gasteiger charge is -2.16. The molecular formula is C15H24N2O. The zero-order chi connectivity index (χ0) is 12.8. The van der Waals surface area contributed by atoms with Crippen LogP contribution in [0.1, 0.15) is 36.3 Å². The van der Waals surface area contributed by atoms with Gasteiger partial charge in [-0.25, -0.2) is 5.90 Å². The minimum Gasteiger partial charge on any atom is -0.306 e. The molecule has 1 heterocycles. The number of hydrogen-bond acceptors (Lipinski definition) is 3. The first-order chi connectivity index (χ1) is 8.79. The third kappa shape index (κ3) is 3.80. The molecule has 1 fully saturated rings. The zero-order valence-electron chi connectivity index (χ0n) is 11.3. The quantitative estimate of drug-likeness (QED) is 0.831. The van der Waals surface area contributed by atoms with Crippen molar-refractivity contribution in [3.63, 3.8) is 0 Å². The first-order valence-corrected chi connectivity index (χ1v) is 6.88. The monoisotopic (exact) mass is 248 g/mol. The Morgan fingerprint density at radius 1 is 1.33 bits per heavy atom. The van der Waals surface area contributed by atoms with E-state index in [1.807, 2.05) is 0 Å². The maximum atomic E-state index is 5.09. The molecule has 1 unspecified atom stereocenters. The van der Waals surface area contributed by atoms with Crippen LogP contribution >= 0.6 is 0 Å². The van der Waals surface area contributed by atoms with E-state index in [2.05, 4.69) is 41.1 Å². The zero-order valence-corrected chi connectivity index (χ0v) is 11.3. The van der Waals surface area contributed by atoms with Crippen LogP contribution in [0.15, 0.2) is 24.3 Å². The molecule has 3 heteroatoms. The van der Waals surface area contributed by atoms with Crippen LogP contribution in [0.5, 0.6) is 0 Å². The number of nitrogens with two attached hydrogens (primary N) is 1. The van der Waals surface area contributed by atoms with E-state index < -0.39 is 0 Å². The van der Waals surface area contributed by atoms with Gasteiger partial charge in [0.05, 0.1) is 6.61 Å². The summed E-state index contributed by atoms with van der Waals surface area (Å²) < 4.78 is 0. The smallest absolute Gasteiger partial charge is 0.0719 e. The molecule has 100 valence electrons. The van der Waals surface area contributed by atoms with E-state index in [0.717, 1.165) is 6.42 Å². The van der Waals surface area contributed by atoms with Gasteiger partial charge in [-0.2, -0.15) is 0 Å². The highest BCUT2D eigenvalue weighted by Gasteiger charge is 2.16. The van der Waals surface area contributed by atoms with Crippen molar-refractivity contribution < 1.29 is 4.84 Å². The molecule has 0 bridgehead atoms. The largest absolute Gasteiger partial charge is 0.306 e. The Kier molecular flexibility index (Phi) is 5.17. The third-order valence-corrected chi connectivity index (χ3v) is 3.88. The van der Waals surface area contributed by atoms with Gasteiger partial charge in [0.2, 0.25) is 0 Å². The Morgan fingerprint density at radius 3 is 3.06 bits per heavy atom. The summed E-state index contributed by atoms with van der Waals surface area (Å²) in [5.41, 5.74) is 2.82. The van der Waals surface area contributed by atoms with E-state index in [4.69, 9.17) is 5.90 Å². The second kappa shape index (κ2) is 6.88. The van der Waals surface area contributed by atoms with Gasteiger partial charge in [0, 0.05) is 0 Å². The van der Waals surface area contributed by atoms with Crippen LogP contribution < -0.4 is 5.90 Å². The number of hydrogen-bond donors (Lipinski definition) is 1. The Labute approximate surface area is 110 Å². The van der Waals surface area contributed by atoms with E-state index in [1.54, 1.807) is 0 Å². The molecule has 1 atom stereocenters. The number of nitrogens with zero attached hydrogens (tertiary/aromatic N) is 1. The Morgan fingerprint density at radius 2 is 2.22 bits per heavy atom. The molecule has 1 aromatic rings. The lowest BCUT2D eigenvalue weighted by molar-refractivity contribution is 0.141. The summed E-state index contributed by atoms with van der Waals surface area (Å²) in [5.74, 6) is 5.80. The lowest BCUT2D eigenvalue weighted by atomic mass is 9.90. The highest BCUT2D eigenvalue weighted by Crippen LogP contribution is 2.28. The Balaban J connectivity index is 2.02. The molecular weight excluding hydrogens is 224 g/mol. The van der Waals surface area contributed by atoms with Crippen LogP contribution in [0.3, 0.4) is 0 Å². The van der Waals surface area contributed by atoms with Gasteiger partial charge in [0.15, 0.2) is 0 Å². The van der Waals surface area contributed by atoms with E-state index in [0.29, 0.717) is 12.5 Å². The molecule has 2 N–H and O–H groups in total. The second-order valence-corrected chi connectivity index (χ2v) is 5.30. The van der Waals surface area contributed by atoms with E-state index in [-0.39, 0.29) is 0 Å². The van der Waals surface area contributed by atoms with Gasteiger partial charge >= 0.3 is 0 Å². The first-order valence-electron chi connectivity index (χ1n) is 6.88. The van der Waals surface area contributed by atoms with Crippen molar-refractivity contribution in [1.82, 2.24) is 4.90 Å². The normalized spacial score (nSPS) is 21.8. The minimum atomic E-state index is 0.594. The number of benzene rings is 1. The van der Waals surface area contributed by atoms with Crippen LogP contribution in [0, 0.1) is 0 Å². The standard InChI is InChI=1S/C15H24N2O/c1-17-9-3-6-14(7-10-17)15-5-2-4-13(12-15)8-11-18-16/h2,4-5,12,14H,3,6-11,16H2,1H3. The Hall–Kier alpha value is -0.900. The van der Waals surface area contributed by atoms with Crippen molar-refractivity contribution in [3.05, 3.63) is 35.4 Å². The van der Waals surface area contributed by atoms with E-state index in [1.165, 1.54) is 43.5 Å². The maximum absolute atomic E-state index is 5.09. The fraction of sp³-hybridized carbons (Fsp3) is 0.600. The van der Waals surface area contributed by atoms with Crippen molar-refractivity contribution in [1.29, 1.82) is 0 Å². The second-order valence-electron chi connectivity index (χ2n) is 5.30. The molecule has 3 nitrogen and oxygen atoms in total. The summed E-state index contributed by atoms with van der Waals surface area (Å²) in [4.78, 5) is 7.10. The molecule has 0 saturated carbocycles. The molecule has 18 heavy (non-hydrogen) atoms. The van der Waals surface area contributed by atoms with Gasteiger partial charge in [0.1, 0.15) is 0 Å². The van der Waals surface area contributed by atoms with Crippen molar-refractivity contribution in [2.45, 2.75) is 31.6 Å². The van der Waals surface area contributed by atoms with Gasteiger partial charge in [-0.15, -0.1) is 0 Å². The molecule has 0 aromatic heterocycles. The van der Waals surface area contributed by atoms with Gasteiger partial charge in [-0.1, -0.05) is 24.3 Å². The first kappa shape index (κ1) is 13.5. The highest BCUT2D eigenvalue weighted by molar-refractivity contribution is 5.26. The predicted molar refractivity (Wildman–Crippen MR) is 74.4 cm³/mol. The van der Waals surface area contributed by atoms with Gasteiger partial charge in [-0.3, -0.25) is 0 Å². The molecule has 1 aliphatic heterocycles. The molecule has 0 aliphatic carbocycles. The Bertz CT molecular complexity index is 367. The molecule has 2 rings (SSSR count). The number of likely N-dealkylation sites (tertiary alicyclic amines) is 1. The van der Waals surface area contributed by atoms with E-state index in [9.17, 15) is 0 Å². The molecule has 1 aromatic carbocycles. The molecule has 0 radical (unpaired) electrons. The summed E-state index contributed by atoms with van der Waals surface area (Å²) in [7, 11) is 2.22. The van der Waals surface area contributed by atoms with Crippen LogP contribution in [0.4, 0.5) is 0 Å². The fourth-order valence-corrected chi connectivity index (χ4v) is 2.75. The average molecular weight is 248 g/mol. The predicted octanol–water partition coefficient (Wildman–Crippen LogP) is 2.32. The maximum Gasteiger partial charge on any atom is 0.0719 e.